The van der Waals surface area contributed by atoms with Gasteiger partial charge in [0.05, 0.1) is 19.0 Å². The lowest BCUT2D eigenvalue weighted by molar-refractivity contribution is 0.414. The molecule has 0 fully saturated rings. The summed E-state index contributed by atoms with van der Waals surface area (Å²) in [5.74, 6) is 1.91. The molecule has 1 aromatic carbocycles. The van der Waals surface area contributed by atoms with Gasteiger partial charge in [-0.2, -0.15) is 10.2 Å². The van der Waals surface area contributed by atoms with Crippen molar-refractivity contribution in [2.24, 2.45) is 0 Å². The van der Waals surface area contributed by atoms with E-state index in [1.807, 2.05) is 37.3 Å². The summed E-state index contributed by atoms with van der Waals surface area (Å²) in [5.41, 5.74) is 2.88. The molecule has 0 aliphatic rings. The van der Waals surface area contributed by atoms with Crippen LogP contribution in [0.2, 0.25) is 0 Å². The Morgan fingerprint density at radius 1 is 1.27 bits per heavy atom. The van der Waals surface area contributed by atoms with E-state index < -0.39 is 0 Å². The molecule has 2 heterocycles. The highest BCUT2D eigenvalue weighted by atomic mass is 16.5. The summed E-state index contributed by atoms with van der Waals surface area (Å²) < 4.78 is 5.23. The lowest BCUT2D eigenvalue weighted by Gasteiger charge is -2.05. The van der Waals surface area contributed by atoms with Crippen LogP contribution in [0.1, 0.15) is 17.0 Å². The molecule has 112 valence electrons. The number of H-pyrrole nitrogens is 1. The fraction of sp³-hybridized carbons (Fsp3) is 0.200. The van der Waals surface area contributed by atoms with Gasteiger partial charge in [-0.25, -0.2) is 4.98 Å². The molecule has 0 radical (unpaired) electrons. The second kappa shape index (κ2) is 6.21. The van der Waals surface area contributed by atoms with Gasteiger partial charge in [-0.1, -0.05) is 12.1 Å². The zero-order valence-electron chi connectivity index (χ0n) is 12.4. The molecule has 0 atom stereocenters. The molecule has 0 saturated heterocycles. The van der Waals surface area contributed by atoms with E-state index in [2.05, 4.69) is 30.7 Å². The van der Waals surface area contributed by atoms with E-state index in [1.54, 1.807) is 13.3 Å². The van der Waals surface area contributed by atoms with Gasteiger partial charge >= 0.3 is 0 Å². The second-order valence-electron chi connectivity index (χ2n) is 4.86. The van der Waals surface area contributed by atoms with Crippen LogP contribution < -0.4 is 10.1 Å². The Morgan fingerprint density at radius 3 is 2.95 bits per heavy atom. The van der Waals surface area contributed by atoms with Gasteiger partial charge in [0.1, 0.15) is 5.75 Å². The fourth-order valence-electron chi connectivity index (χ4n) is 2.06. The highest BCUT2D eigenvalue weighted by Crippen LogP contribution is 2.16. The molecule has 3 rings (SSSR count). The van der Waals surface area contributed by atoms with Crippen LogP contribution in [-0.4, -0.2) is 32.5 Å². The smallest absolute Gasteiger partial charge is 0.248 e. The van der Waals surface area contributed by atoms with E-state index in [0.29, 0.717) is 18.2 Å². The van der Waals surface area contributed by atoms with E-state index in [9.17, 15) is 0 Å². The maximum Gasteiger partial charge on any atom is 0.248 e. The van der Waals surface area contributed by atoms with Crippen molar-refractivity contribution >= 4 is 11.8 Å². The first-order valence-corrected chi connectivity index (χ1v) is 6.83. The van der Waals surface area contributed by atoms with Crippen molar-refractivity contribution in [3.05, 3.63) is 53.5 Å². The molecular weight excluding hydrogens is 280 g/mol. The zero-order chi connectivity index (χ0) is 15.4. The van der Waals surface area contributed by atoms with Crippen LogP contribution in [0, 0.1) is 6.92 Å². The molecule has 0 aliphatic carbocycles. The maximum absolute atomic E-state index is 5.23. The van der Waals surface area contributed by atoms with Gasteiger partial charge in [-0.15, -0.1) is 5.10 Å². The molecule has 0 unspecified atom stereocenters. The normalized spacial score (nSPS) is 10.5. The molecule has 2 N–H and O–H groups in total. The summed E-state index contributed by atoms with van der Waals surface area (Å²) in [4.78, 5) is 4.45. The average molecular weight is 296 g/mol. The SMILES string of the molecule is COc1cccc(Cc2cnnc(Nc3cc(C)[nH]n3)n2)c1. The molecule has 0 aliphatic heterocycles. The van der Waals surface area contributed by atoms with E-state index in [4.69, 9.17) is 4.74 Å². The number of anilines is 2. The molecule has 2 aromatic heterocycles. The monoisotopic (exact) mass is 296 g/mol. The summed E-state index contributed by atoms with van der Waals surface area (Å²) in [5, 5.41) is 17.9. The van der Waals surface area contributed by atoms with Crippen LogP contribution in [0.15, 0.2) is 36.5 Å². The molecule has 7 nitrogen and oxygen atoms in total. The van der Waals surface area contributed by atoms with Gasteiger partial charge in [0.2, 0.25) is 5.95 Å². The summed E-state index contributed by atoms with van der Waals surface area (Å²) in [6.07, 6.45) is 2.31. The van der Waals surface area contributed by atoms with Crippen molar-refractivity contribution in [2.75, 3.05) is 12.4 Å². The molecule has 0 amide bonds. The number of ether oxygens (including phenoxy) is 1. The first-order chi connectivity index (χ1) is 10.7. The third-order valence-electron chi connectivity index (χ3n) is 3.07. The Labute approximate surface area is 127 Å². The number of aryl methyl sites for hydroxylation is 1. The number of hydrogen-bond acceptors (Lipinski definition) is 6. The summed E-state index contributed by atoms with van der Waals surface area (Å²) in [6.45, 7) is 1.93. The van der Waals surface area contributed by atoms with Crippen LogP contribution in [0.4, 0.5) is 11.8 Å². The lowest BCUT2D eigenvalue weighted by Crippen LogP contribution is -2.03. The van der Waals surface area contributed by atoms with Gasteiger partial charge in [0.25, 0.3) is 0 Å². The molecule has 7 heteroatoms. The average Bonchev–Trinajstić information content (AvgIpc) is 2.93. The Balaban J connectivity index is 1.75. The van der Waals surface area contributed by atoms with Gasteiger partial charge in [-0.05, 0) is 24.6 Å². The van der Waals surface area contributed by atoms with E-state index in [-0.39, 0.29) is 0 Å². The van der Waals surface area contributed by atoms with Crippen LogP contribution in [0.3, 0.4) is 0 Å². The summed E-state index contributed by atoms with van der Waals surface area (Å²) >= 11 is 0. The number of methoxy groups -OCH3 is 1. The number of aromatic amines is 1. The van der Waals surface area contributed by atoms with Crippen molar-refractivity contribution in [2.45, 2.75) is 13.3 Å². The molecule has 0 spiro atoms. The Morgan fingerprint density at radius 2 is 2.18 bits per heavy atom. The van der Waals surface area contributed by atoms with Gasteiger partial charge in [-0.3, -0.25) is 5.10 Å². The number of nitrogens with zero attached hydrogens (tertiary/aromatic N) is 4. The number of rotatable bonds is 5. The third-order valence-corrected chi connectivity index (χ3v) is 3.07. The molecule has 0 bridgehead atoms. The highest BCUT2D eigenvalue weighted by Gasteiger charge is 2.05. The van der Waals surface area contributed by atoms with Gasteiger partial charge in [0, 0.05) is 18.2 Å². The van der Waals surface area contributed by atoms with E-state index in [0.717, 1.165) is 22.7 Å². The molecule has 3 aromatic rings. The Bertz CT molecular complexity index is 770. The van der Waals surface area contributed by atoms with Gasteiger partial charge < -0.3 is 10.1 Å². The predicted octanol–water partition coefficient (Wildman–Crippen LogP) is 2.25. The number of hydrogen-bond donors (Lipinski definition) is 2. The van der Waals surface area contributed by atoms with Crippen LogP contribution >= 0.6 is 0 Å². The summed E-state index contributed by atoms with van der Waals surface area (Å²) in [6, 6.07) is 9.74. The van der Waals surface area contributed by atoms with Gasteiger partial charge in [0.15, 0.2) is 5.82 Å². The first kappa shape index (κ1) is 14.0. The maximum atomic E-state index is 5.23. The quantitative estimate of drug-likeness (QED) is 0.750. The van der Waals surface area contributed by atoms with Crippen molar-refractivity contribution in [1.82, 2.24) is 25.4 Å². The minimum absolute atomic E-state index is 0.423. The topological polar surface area (TPSA) is 88.6 Å². The van der Waals surface area contributed by atoms with Crippen LogP contribution in [0.25, 0.3) is 0 Å². The predicted molar refractivity (Wildman–Crippen MR) is 82.2 cm³/mol. The fourth-order valence-corrected chi connectivity index (χ4v) is 2.06. The second-order valence-corrected chi connectivity index (χ2v) is 4.86. The number of aromatic nitrogens is 5. The highest BCUT2D eigenvalue weighted by molar-refractivity contribution is 5.47. The van der Waals surface area contributed by atoms with Crippen LogP contribution in [0.5, 0.6) is 5.75 Å². The van der Waals surface area contributed by atoms with Crippen molar-refractivity contribution in [1.29, 1.82) is 0 Å². The number of nitrogens with one attached hydrogen (secondary N) is 2. The van der Waals surface area contributed by atoms with Crippen molar-refractivity contribution < 1.29 is 4.74 Å². The van der Waals surface area contributed by atoms with Crippen molar-refractivity contribution in [3.63, 3.8) is 0 Å². The molecule has 0 saturated carbocycles. The van der Waals surface area contributed by atoms with Crippen LogP contribution in [-0.2, 0) is 6.42 Å². The van der Waals surface area contributed by atoms with E-state index >= 15 is 0 Å². The Hall–Kier alpha value is -2.96. The standard InChI is InChI=1S/C15H16N6O/c1-10-6-14(20-19-10)18-15-17-12(9-16-21-15)7-11-4-3-5-13(8-11)22-2/h3-6,8-9H,7H2,1-2H3,(H2,17,18,19,20,21). The zero-order valence-corrected chi connectivity index (χ0v) is 12.4. The minimum atomic E-state index is 0.423. The molecule has 22 heavy (non-hydrogen) atoms. The first-order valence-electron chi connectivity index (χ1n) is 6.83. The largest absolute Gasteiger partial charge is 0.497 e. The minimum Gasteiger partial charge on any atom is -0.497 e. The lowest BCUT2D eigenvalue weighted by atomic mass is 10.1. The van der Waals surface area contributed by atoms with E-state index in [1.165, 1.54) is 0 Å². The third kappa shape index (κ3) is 3.38. The van der Waals surface area contributed by atoms with Crippen molar-refractivity contribution in [3.8, 4) is 5.75 Å². The summed E-state index contributed by atoms with van der Waals surface area (Å²) in [7, 11) is 1.65. The molecular formula is C15H16N6O. The Kier molecular flexibility index (Phi) is 3.95. The number of benzene rings is 1.